The number of hydrogen-bond acceptors (Lipinski definition) is 1. The van der Waals surface area contributed by atoms with Crippen molar-refractivity contribution in [2.45, 2.75) is 136 Å². The molecule has 0 saturated heterocycles. The maximum absolute atomic E-state index is 8.97. The van der Waals surface area contributed by atoms with E-state index < -0.39 is 0 Å². The van der Waals surface area contributed by atoms with Crippen molar-refractivity contribution in [3.8, 4) is 0 Å². The Morgan fingerprint density at radius 2 is 1.20 bits per heavy atom. The third-order valence-corrected chi connectivity index (χ3v) is 9.90. The Labute approximate surface area is 189 Å². The zero-order valence-electron chi connectivity index (χ0n) is 20.6. The van der Waals surface area contributed by atoms with Gasteiger partial charge in [-0.25, -0.2) is 0 Å². The quantitative estimate of drug-likeness (QED) is 0.332. The minimum atomic E-state index is 0.383. The predicted molar refractivity (Wildman–Crippen MR) is 131 cm³/mol. The van der Waals surface area contributed by atoms with E-state index in [4.69, 9.17) is 5.11 Å². The highest BCUT2D eigenvalue weighted by Crippen LogP contribution is 2.49. The van der Waals surface area contributed by atoms with Crippen molar-refractivity contribution in [1.29, 1.82) is 0 Å². The van der Waals surface area contributed by atoms with Crippen LogP contribution in [-0.4, -0.2) is 11.7 Å². The maximum Gasteiger partial charge on any atom is 0.0431 e. The summed E-state index contributed by atoms with van der Waals surface area (Å²) in [6.07, 6.45) is 27.8. The lowest BCUT2D eigenvalue weighted by atomic mass is 9.60. The summed E-state index contributed by atoms with van der Waals surface area (Å²) in [6, 6.07) is 0. The second kappa shape index (κ2) is 13.5. The molecule has 3 atom stereocenters. The number of unbranched alkanes of at least 4 members (excludes halogenated alkanes) is 3. The molecule has 0 heterocycles. The van der Waals surface area contributed by atoms with Gasteiger partial charge < -0.3 is 5.11 Å². The second-order valence-corrected chi connectivity index (χ2v) is 11.7. The van der Waals surface area contributed by atoms with Gasteiger partial charge in [-0.15, -0.1) is 0 Å². The van der Waals surface area contributed by atoms with Crippen LogP contribution in [0.4, 0.5) is 0 Å². The standard InChI is InChI=1S/C29H54O/c1-3-5-9-23-11-15-26(16-12-23)28-19-20-29(25(4-2)22-28)27-17-13-24(14-18-27)10-7-6-8-21-30/h23-30H,3-22H2,1-2H3. The van der Waals surface area contributed by atoms with Gasteiger partial charge >= 0.3 is 0 Å². The predicted octanol–water partition coefficient (Wildman–Crippen LogP) is 8.78. The minimum Gasteiger partial charge on any atom is -0.396 e. The molecule has 30 heavy (non-hydrogen) atoms. The van der Waals surface area contributed by atoms with Gasteiger partial charge in [0.1, 0.15) is 0 Å². The van der Waals surface area contributed by atoms with Crippen LogP contribution in [0.15, 0.2) is 0 Å². The van der Waals surface area contributed by atoms with Gasteiger partial charge in [-0.05, 0) is 92.8 Å². The molecule has 1 N–H and O–H groups in total. The van der Waals surface area contributed by atoms with Gasteiger partial charge in [0, 0.05) is 6.61 Å². The summed E-state index contributed by atoms with van der Waals surface area (Å²) in [5, 5.41) is 8.97. The molecule has 3 saturated carbocycles. The highest BCUT2D eigenvalue weighted by atomic mass is 16.2. The summed E-state index contributed by atoms with van der Waals surface area (Å²) in [5.74, 6) is 7.36. The summed E-state index contributed by atoms with van der Waals surface area (Å²) in [6.45, 7) is 5.23. The van der Waals surface area contributed by atoms with Crippen LogP contribution in [0.5, 0.6) is 0 Å². The van der Waals surface area contributed by atoms with Crippen LogP contribution >= 0.6 is 0 Å². The smallest absolute Gasteiger partial charge is 0.0431 e. The van der Waals surface area contributed by atoms with Gasteiger partial charge in [0.25, 0.3) is 0 Å². The van der Waals surface area contributed by atoms with Crippen molar-refractivity contribution in [2.24, 2.45) is 41.4 Å². The average Bonchev–Trinajstić information content (AvgIpc) is 2.81. The Morgan fingerprint density at radius 1 is 0.600 bits per heavy atom. The molecule has 1 heteroatoms. The maximum atomic E-state index is 8.97. The zero-order valence-corrected chi connectivity index (χ0v) is 20.6. The monoisotopic (exact) mass is 418 g/mol. The molecule has 0 radical (unpaired) electrons. The Hall–Kier alpha value is -0.0400. The topological polar surface area (TPSA) is 20.2 Å². The lowest BCUT2D eigenvalue weighted by molar-refractivity contribution is 0.0521. The van der Waals surface area contributed by atoms with E-state index in [-0.39, 0.29) is 0 Å². The van der Waals surface area contributed by atoms with E-state index in [0.717, 1.165) is 47.8 Å². The first-order valence-corrected chi connectivity index (χ1v) is 14.4. The molecule has 0 amide bonds. The molecule has 3 aliphatic carbocycles. The fourth-order valence-electron chi connectivity index (χ4n) is 7.91. The molecule has 3 rings (SSSR count). The highest BCUT2D eigenvalue weighted by Gasteiger charge is 2.39. The summed E-state index contributed by atoms with van der Waals surface area (Å²) >= 11 is 0. The molecule has 1 nitrogen and oxygen atoms in total. The van der Waals surface area contributed by atoms with Gasteiger partial charge in [-0.3, -0.25) is 0 Å². The fraction of sp³-hybridized carbons (Fsp3) is 1.00. The van der Waals surface area contributed by atoms with Crippen molar-refractivity contribution in [3.63, 3.8) is 0 Å². The molecular formula is C29H54O. The van der Waals surface area contributed by atoms with Crippen LogP contribution in [0.25, 0.3) is 0 Å². The molecule has 3 unspecified atom stereocenters. The summed E-state index contributed by atoms with van der Waals surface area (Å²) in [7, 11) is 0. The zero-order chi connectivity index (χ0) is 21.2. The van der Waals surface area contributed by atoms with E-state index in [0.29, 0.717) is 6.61 Å². The molecule has 0 aromatic carbocycles. The van der Waals surface area contributed by atoms with Crippen LogP contribution < -0.4 is 0 Å². The molecule has 0 aromatic heterocycles. The third-order valence-electron chi connectivity index (χ3n) is 9.90. The van der Waals surface area contributed by atoms with Crippen molar-refractivity contribution in [2.75, 3.05) is 6.61 Å². The van der Waals surface area contributed by atoms with E-state index in [1.54, 1.807) is 44.9 Å². The van der Waals surface area contributed by atoms with Crippen LogP contribution in [0, 0.1) is 41.4 Å². The van der Waals surface area contributed by atoms with E-state index in [1.807, 2.05) is 0 Å². The van der Waals surface area contributed by atoms with Crippen LogP contribution in [-0.2, 0) is 0 Å². The number of aliphatic hydroxyl groups excluding tert-OH is 1. The second-order valence-electron chi connectivity index (χ2n) is 11.7. The number of rotatable bonds is 11. The first-order valence-electron chi connectivity index (χ1n) is 14.4. The summed E-state index contributed by atoms with van der Waals surface area (Å²) < 4.78 is 0. The van der Waals surface area contributed by atoms with E-state index in [1.165, 1.54) is 70.6 Å². The van der Waals surface area contributed by atoms with Gasteiger partial charge in [0.15, 0.2) is 0 Å². The molecule has 3 aliphatic rings. The SMILES string of the molecule is CCCCC1CCC(C2CCC(C3CCC(CCCCCO)CC3)C(CC)C2)CC1. The first-order chi connectivity index (χ1) is 14.7. The largest absolute Gasteiger partial charge is 0.396 e. The normalized spacial score (nSPS) is 37.9. The van der Waals surface area contributed by atoms with Gasteiger partial charge in [0.05, 0.1) is 0 Å². The first kappa shape index (κ1) is 24.6. The minimum absolute atomic E-state index is 0.383. The lowest BCUT2D eigenvalue weighted by Crippen LogP contribution is -2.35. The molecule has 0 aromatic rings. The van der Waals surface area contributed by atoms with E-state index in [2.05, 4.69) is 13.8 Å². The molecular weight excluding hydrogens is 364 g/mol. The lowest BCUT2D eigenvalue weighted by Gasteiger charge is -2.45. The van der Waals surface area contributed by atoms with Gasteiger partial charge in [-0.2, -0.15) is 0 Å². The Morgan fingerprint density at radius 3 is 1.80 bits per heavy atom. The molecule has 3 fully saturated rings. The van der Waals surface area contributed by atoms with E-state index in [9.17, 15) is 0 Å². The molecule has 0 aliphatic heterocycles. The summed E-state index contributed by atoms with van der Waals surface area (Å²) in [5.41, 5.74) is 0. The average molecular weight is 419 g/mol. The fourth-order valence-corrected chi connectivity index (χ4v) is 7.91. The highest BCUT2D eigenvalue weighted by molar-refractivity contribution is 4.89. The Kier molecular flexibility index (Phi) is 11.1. The van der Waals surface area contributed by atoms with E-state index >= 15 is 0 Å². The van der Waals surface area contributed by atoms with Crippen molar-refractivity contribution in [3.05, 3.63) is 0 Å². The van der Waals surface area contributed by atoms with Crippen molar-refractivity contribution < 1.29 is 5.11 Å². The molecule has 176 valence electrons. The molecule has 0 bridgehead atoms. The number of hydrogen-bond donors (Lipinski definition) is 1. The molecule has 0 spiro atoms. The number of aliphatic hydroxyl groups is 1. The third kappa shape index (κ3) is 7.25. The Bertz CT molecular complexity index is 430. The van der Waals surface area contributed by atoms with Crippen molar-refractivity contribution >= 4 is 0 Å². The van der Waals surface area contributed by atoms with Gasteiger partial charge in [0.2, 0.25) is 0 Å². The summed E-state index contributed by atoms with van der Waals surface area (Å²) in [4.78, 5) is 0. The van der Waals surface area contributed by atoms with Gasteiger partial charge in [-0.1, -0.05) is 84.5 Å². The van der Waals surface area contributed by atoms with Crippen molar-refractivity contribution in [1.82, 2.24) is 0 Å². The van der Waals surface area contributed by atoms with Crippen LogP contribution in [0.2, 0.25) is 0 Å². The Balaban J connectivity index is 1.39. The van der Waals surface area contributed by atoms with Crippen LogP contribution in [0.3, 0.4) is 0 Å². The van der Waals surface area contributed by atoms with Crippen LogP contribution in [0.1, 0.15) is 136 Å².